The molecule has 122 valence electrons. The summed E-state index contributed by atoms with van der Waals surface area (Å²) in [6, 6.07) is 3.95. The second kappa shape index (κ2) is 7.19. The van der Waals surface area contributed by atoms with Crippen molar-refractivity contribution < 1.29 is 19.2 Å². The van der Waals surface area contributed by atoms with Crippen LogP contribution >= 0.6 is 11.3 Å². The average molecular weight is 336 g/mol. The van der Waals surface area contributed by atoms with Crippen LogP contribution in [0.3, 0.4) is 0 Å². The second-order valence-electron chi connectivity index (χ2n) is 5.05. The Morgan fingerprint density at radius 1 is 1.43 bits per heavy atom. The molecule has 0 aliphatic carbocycles. The molecule has 0 aliphatic rings. The van der Waals surface area contributed by atoms with Gasteiger partial charge in [0.2, 0.25) is 0 Å². The molecule has 0 aliphatic heterocycles. The van der Waals surface area contributed by atoms with Crippen LogP contribution < -0.4 is 4.74 Å². The minimum absolute atomic E-state index is 0.0850. The first-order valence-electron chi connectivity index (χ1n) is 6.86. The number of hydrogen-bond donors (Lipinski definition) is 0. The predicted octanol–water partition coefficient (Wildman–Crippen LogP) is 3.54. The van der Waals surface area contributed by atoms with Crippen molar-refractivity contribution in [3.8, 4) is 5.75 Å². The topological polar surface area (TPSA) is 91.6 Å². The summed E-state index contributed by atoms with van der Waals surface area (Å²) in [5.74, 6) is -0.232. The molecule has 0 radical (unpaired) electrons. The smallest absolute Gasteiger partial charge is 0.338 e. The van der Waals surface area contributed by atoms with Crippen LogP contribution in [-0.2, 0) is 11.3 Å². The fourth-order valence-corrected chi connectivity index (χ4v) is 2.65. The van der Waals surface area contributed by atoms with Crippen LogP contribution in [0.15, 0.2) is 23.6 Å². The highest BCUT2D eigenvalue weighted by molar-refractivity contribution is 7.09. The Kier molecular flexibility index (Phi) is 5.28. The van der Waals surface area contributed by atoms with Crippen LogP contribution in [0.5, 0.6) is 5.75 Å². The number of rotatable bonds is 6. The molecule has 0 saturated carbocycles. The second-order valence-corrected chi connectivity index (χ2v) is 5.94. The number of benzene rings is 1. The Bertz CT molecular complexity index is 726. The lowest BCUT2D eigenvalue weighted by atomic mass is 10.2. The van der Waals surface area contributed by atoms with E-state index < -0.39 is 10.9 Å². The Morgan fingerprint density at radius 2 is 2.17 bits per heavy atom. The number of thiazole rings is 1. The van der Waals surface area contributed by atoms with Crippen molar-refractivity contribution in [2.45, 2.75) is 26.4 Å². The predicted molar refractivity (Wildman–Crippen MR) is 85.0 cm³/mol. The van der Waals surface area contributed by atoms with Crippen molar-refractivity contribution in [3.05, 3.63) is 50.0 Å². The zero-order chi connectivity index (χ0) is 17.0. The minimum atomic E-state index is -0.638. The van der Waals surface area contributed by atoms with Gasteiger partial charge in [-0.05, 0) is 12.1 Å². The minimum Gasteiger partial charge on any atom is -0.480 e. The number of esters is 1. The molecule has 0 spiro atoms. The first-order valence-corrected chi connectivity index (χ1v) is 7.74. The quantitative estimate of drug-likeness (QED) is 0.455. The third-order valence-electron chi connectivity index (χ3n) is 3.02. The van der Waals surface area contributed by atoms with Crippen molar-refractivity contribution >= 4 is 23.0 Å². The molecule has 0 saturated heterocycles. The Balaban J connectivity index is 2.18. The van der Waals surface area contributed by atoms with Gasteiger partial charge in [-0.3, -0.25) is 10.1 Å². The van der Waals surface area contributed by atoms with Crippen LogP contribution in [0.25, 0.3) is 0 Å². The SMILES string of the molecule is COC(=O)c1ccc(OCc2csc(C(C)C)n2)c([N+](=O)[O-])c1. The number of carbonyl (C=O) groups excluding carboxylic acids is 1. The van der Waals surface area contributed by atoms with Gasteiger partial charge in [-0.2, -0.15) is 0 Å². The molecule has 2 aromatic rings. The molecule has 0 fully saturated rings. The van der Waals surface area contributed by atoms with E-state index in [9.17, 15) is 14.9 Å². The van der Waals surface area contributed by atoms with E-state index in [2.05, 4.69) is 9.72 Å². The highest BCUT2D eigenvalue weighted by atomic mass is 32.1. The molecule has 1 aromatic heterocycles. The zero-order valence-electron chi connectivity index (χ0n) is 12.9. The van der Waals surface area contributed by atoms with Gasteiger partial charge in [-0.1, -0.05) is 13.8 Å². The first kappa shape index (κ1) is 16.9. The van der Waals surface area contributed by atoms with Gasteiger partial charge in [0.25, 0.3) is 0 Å². The van der Waals surface area contributed by atoms with E-state index in [-0.39, 0.29) is 23.6 Å². The summed E-state index contributed by atoms with van der Waals surface area (Å²) in [6.45, 7) is 4.21. The maximum Gasteiger partial charge on any atom is 0.338 e. The Morgan fingerprint density at radius 3 is 2.74 bits per heavy atom. The Hall–Kier alpha value is -2.48. The first-order chi connectivity index (χ1) is 10.9. The van der Waals surface area contributed by atoms with Gasteiger partial charge < -0.3 is 9.47 Å². The summed E-state index contributed by atoms with van der Waals surface area (Å²) in [7, 11) is 1.22. The van der Waals surface area contributed by atoms with Crippen LogP contribution in [-0.4, -0.2) is 23.0 Å². The molecule has 0 atom stereocenters. The van der Waals surface area contributed by atoms with Gasteiger partial charge in [0, 0.05) is 17.4 Å². The van der Waals surface area contributed by atoms with E-state index >= 15 is 0 Å². The van der Waals surface area contributed by atoms with Crippen LogP contribution in [0.2, 0.25) is 0 Å². The van der Waals surface area contributed by atoms with Crippen molar-refractivity contribution in [2.75, 3.05) is 7.11 Å². The van der Waals surface area contributed by atoms with Gasteiger partial charge >= 0.3 is 11.7 Å². The van der Waals surface area contributed by atoms with Crippen molar-refractivity contribution in [1.82, 2.24) is 4.98 Å². The van der Waals surface area contributed by atoms with E-state index in [1.54, 1.807) is 0 Å². The molecule has 8 heteroatoms. The van der Waals surface area contributed by atoms with Crippen molar-refractivity contribution in [3.63, 3.8) is 0 Å². The average Bonchev–Trinajstić information content (AvgIpc) is 3.01. The van der Waals surface area contributed by atoms with E-state index in [0.29, 0.717) is 11.6 Å². The molecule has 23 heavy (non-hydrogen) atoms. The highest BCUT2D eigenvalue weighted by Gasteiger charge is 2.19. The number of nitro groups is 1. The monoisotopic (exact) mass is 336 g/mol. The van der Waals surface area contributed by atoms with E-state index in [1.807, 2.05) is 19.2 Å². The standard InChI is InChI=1S/C15H16N2O5S/c1-9(2)14-16-11(8-23-14)7-22-13-5-4-10(15(18)21-3)6-12(13)17(19)20/h4-6,8-9H,7H2,1-3H3. The molecule has 1 heterocycles. The number of hydrogen-bond acceptors (Lipinski definition) is 7. The van der Waals surface area contributed by atoms with Crippen LogP contribution in [0.4, 0.5) is 5.69 Å². The number of aromatic nitrogens is 1. The third-order valence-corrected chi connectivity index (χ3v) is 4.21. The van der Waals surface area contributed by atoms with Crippen LogP contribution in [0, 0.1) is 10.1 Å². The molecule has 0 amide bonds. The van der Waals surface area contributed by atoms with Crippen molar-refractivity contribution in [2.24, 2.45) is 0 Å². The fraction of sp³-hybridized carbons (Fsp3) is 0.333. The summed E-state index contributed by atoms with van der Waals surface area (Å²) in [6.07, 6.45) is 0. The lowest BCUT2D eigenvalue weighted by Gasteiger charge is -2.06. The van der Waals surface area contributed by atoms with Gasteiger partial charge in [-0.15, -0.1) is 11.3 Å². The molecular formula is C15H16N2O5S. The van der Waals surface area contributed by atoms with Gasteiger partial charge in [0.1, 0.15) is 6.61 Å². The number of methoxy groups -OCH3 is 1. The summed E-state index contributed by atoms with van der Waals surface area (Å²) in [5, 5.41) is 14.0. The number of nitro benzene ring substituents is 1. The maximum atomic E-state index is 11.5. The lowest BCUT2D eigenvalue weighted by molar-refractivity contribution is -0.386. The lowest BCUT2D eigenvalue weighted by Crippen LogP contribution is -2.04. The molecule has 0 bridgehead atoms. The highest BCUT2D eigenvalue weighted by Crippen LogP contribution is 2.29. The van der Waals surface area contributed by atoms with E-state index in [1.165, 1.54) is 30.6 Å². The summed E-state index contributed by atoms with van der Waals surface area (Å²) < 4.78 is 10.1. The van der Waals surface area contributed by atoms with E-state index in [4.69, 9.17) is 4.74 Å². The van der Waals surface area contributed by atoms with Gasteiger partial charge in [-0.25, -0.2) is 9.78 Å². The molecule has 0 unspecified atom stereocenters. The normalized spacial score (nSPS) is 10.6. The maximum absolute atomic E-state index is 11.5. The van der Waals surface area contributed by atoms with Crippen molar-refractivity contribution in [1.29, 1.82) is 0 Å². The summed E-state index contributed by atoms with van der Waals surface area (Å²) in [4.78, 5) is 26.4. The third kappa shape index (κ3) is 4.04. The molecule has 0 N–H and O–H groups in total. The molecular weight excluding hydrogens is 320 g/mol. The Labute approximate surface area is 137 Å². The fourth-order valence-electron chi connectivity index (χ4n) is 1.83. The van der Waals surface area contributed by atoms with Crippen LogP contribution in [0.1, 0.15) is 40.8 Å². The number of nitrogens with zero attached hydrogens (tertiary/aromatic N) is 2. The number of carbonyl (C=O) groups is 1. The number of ether oxygens (including phenoxy) is 2. The molecule has 1 aromatic carbocycles. The summed E-state index contributed by atoms with van der Waals surface area (Å²) in [5.41, 5.74) is 0.527. The summed E-state index contributed by atoms with van der Waals surface area (Å²) >= 11 is 1.53. The van der Waals surface area contributed by atoms with Gasteiger partial charge in [0.05, 0.1) is 28.3 Å². The zero-order valence-corrected chi connectivity index (χ0v) is 13.8. The van der Waals surface area contributed by atoms with Gasteiger partial charge in [0.15, 0.2) is 5.75 Å². The van der Waals surface area contributed by atoms with E-state index in [0.717, 1.165) is 11.1 Å². The largest absolute Gasteiger partial charge is 0.480 e. The molecule has 2 rings (SSSR count). The molecule has 7 nitrogen and oxygen atoms in total.